The molecule has 1 aliphatic rings. The third kappa shape index (κ3) is 1.95. The van der Waals surface area contributed by atoms with E-state index in [9.17, 15) is 9.50 Å². The highest BCUT2D eigenvalue weighted by molar-refractivity contribution is 5.41. The van der Waals surface area contributed by atoms with Crippen LogP contribution < -0.4 is 4.90 Å². The predicted octanol–water partition coefficient (Wildman–Crippen LogP) is 1.43. The van der Waals surface area contributed by atoms with E-state index in [0.717, 1.165) is 13.0 Å². The highest BCUT2D eigenvalue weighted by Crippen LogP contribution is 2.27. The number of hydrogen-bond acceptors (Lipinski definition) is 3. The Labute approximate surface area is 88.6 Å². The number of nitrogens with zero attached hydrogens (tertiary/aromatic N) is 2. The molecule has 1 fully saturated rings. The Balaban J connectivity index is 2.23. The molecular weight excluding hydrogens is 195 g/mol. The summed E-state index contributed by atoms with van der Waals surface area (Å²) in [6.07, 6.45) is 1.02. The first kappa shape index (κ1) is 10.4. The van der Waals surface area contributed by atoms with E-state index in [-0.39, 0.29) is 12.6 Å². The third-order valence-electron chi connectivity index (χ3n) is 3.06. The molecule has 0 aromatic carbocycles. The van der Waals surface area contributed by atoms with Crippen LogP contribution in [0.3, 0.4) is 0 Å². The highest BCUT2D eigenvalue weighted by atomic mass is 19.1. The van der Waals surface area contributed by atoms with Gasteiger partial charge in [-0.3, -0.25) is 0 Å². The minimum Gasteiger partial charge on any atom is -0.394 e. The zero-order chi connectivity index (χ0) is 10.8. The third-order valence-corrected chi connectivity index (χ3v) is 3.06. The topological polar surface area (TPSA) is 36.4 Å². The van der Waals surface area contributed by atoms with Gasteiger partial charge in [-0.1, -0.05) is 13.0 Å². The van der Waals surface area contributed by atoms with Crippen LogP contribution in [0.1, 0.15) is 13.3 Å². The summed E-state index contributed by atoms with van der Waals surface area (Å²) in [6, 6.07) is 4.83. The molecule has 1 aromatic heterocycles. The number of anilines is 1. The van der Waals surface area contributed by atoms with Gasteiger partial charge in [0.15, 0.2) is 0 Å². The van der Waals surface area contributed by atoms with E-state index in [1.165, 1.54) is 6.07 Å². The predicted molar refractivity (Wildman–Crippen MR) is 56.2 cm³/mol. The second kappa shape index (κ2) is 4.14. The van der Waals surface area contributed by atoms with Gasteiger partial charge >= 0.3 is 0 Å². The Morgan fingerprint density at radius 2 is 2.40 bits per heavy atom. The summed E-state index contributed by atoms with van der Waals surface area (Å²) in [5.74, 6) is 0.585. The van der Waals surface area contributed by atoms with Crippen molar-refractivity contribution in [2.75, 3.05) is 18.1 Å². The molecule has 2 atom stereocenters. The molecule has 15 heavy (non-hydrogen) atoms. The van der Waals surface area contributed by atoms with E-state index in [1.54, 1.807) is 12.1 Å². The van der Waals surface area contributed by atoms with Crippen molar-refractivity contribution in [2.45, 2.75) is 19.4 Å². The Bertz CT molecular complexity index is 345. The second-order valence-electron chi connectivity index (χ2n) is 4.03. The Kier molecular flexibility index (Phi) is 2.86. The molecule has 1 aliphatic heterocycles. The molecule has 4 heteroatoms. The largest absolute Gasteiger partial charge is 0.394 e. The minimum absolute atomic E-state index is 0.0688. The highest BCUT2D eigenvalue weighted by Gasteiger charge is 2.31. The fourth-order valence-electron chi connectivity index (χ4n) is 2.13. The van der Waals surface area contributed by atoms with Crippen LogP contribution in [0.15, 0.2) is 18.2 Å². The summed E-state index contributed by atoms with van der Waals surface area (Å²) in [4.78, 5) is 5.82. The first-order valence-electron chi connectivity index (χ1n) is 5.22. The van der Waals surface area contributed by atoms with Crippen LogP contribution in [0.2, 0.25) is 0 Å². The van der Waals surface area contributed by atoms with Crippen LogP contribution in [0.4, 0.5) is 10.2 Å². The summed E-state index contributed by atoms with van der Waals surface area (Å²) in [5.41, 5.74) is 0. The van der Waals surface area contributed by atoms with Gasteiger partial charge in [-0.05, 0) is 24.5 Å². The SMILES string of the molecule is CC1CCN(c2cccc(F)n2)C1CO. The number of aliphatic hydroxyl groups is 1. The summed E-state index contributed by atoms with van der Waals surface area (Å²) in [5, 5.41) is 9.27. The first-order chi connectivity index (χ1) is 7.22. The zero-order valence-corrected chi connectivity index (χ0v) is 8.73. The van der Waals surface area contributed by atoms with Gasteiger partial charge in [0.1, 0.15) is 5.82 Å². The average molecular weight is 210 g/mol. The molecule has 2 unspecified atom stereocenters. The smallest absolute Gasteiger partial charge is 0.214 e. The Morgan fingerprint density at radius 1 is 1.60 bits per heavy atom. The van der Waals surface area contributed by atoms with Gasteiger partial charge in [0, 0.05) is 6.54 Å². The Hall–Kier alpha value is -1.16. The van der Waals surface area contributed by atoms with E-state index in [2.05, 4.69) is 11.9 Å². The van der Waals surface area contributed by atoms with Crippen molar-refractivity contribution in [3.63, 3.8) is 0 Å². The zero-order valence-electron chi connectivity index (χ0n) is 8.73. The van der Waals surface area contributed by atoms with E-state index >= 15 is 0 Å². The minimum atomic E-state index is -0.469. The first-order valence-corrected chi connectivity index (χ1v) is 5.22. The van der Waals surface area contributed by atoms with Crippen molar-refractivity contribution in [3.05, 3.63) is 24.1 Å². The van der Waals surface area contributed by atoms with Crippen LogP contribution in [0.5, 0.6) is 0 Å². The number of rotatable bonds is 2. The Morgan fingerprint density at radius 3 is 3.07 bits per heavy atom. The summed E-state index contributed by atoms with van der Waals surface area (Å²) < 4.78 is 12.9. The van der Waals surface area contributed by atoms with Gasteiger partial charge in [-0.15, -0.1) is 0 Å². The molecule has 2 rings (SSSR count). The van der Waals surface area contributed by atoms with Crippen LogP contribution in [-0.2, 0) is 0 Å². The number of aliphatic hydroxyl groups excluding tert-OH is 1. The molecule has 0 bridgehead atoms. The maximum absolute atomic E-state index is 12.9. The normalized spacial score (nSPS) is 25.9. The number of hydrogen-bond donors (Lipinski definition) is 1. The van der Waals surface area contributed by atoms with Crippen LogP contribution in [-0.4, -0.2) is 29.3 Å². The van der Waals surface area contributed by atoms with E-state index in [0.29, 0.717) is 11.7 Å². The van der Waals surface area contributed by atoms with Crippen molar-refractivity contribution in [1.82, 2.24) is 4.98 Å². The van der Waals surface area contributed by atoms with E-state index in [1.807, 2.05) is 4.90 Å². The average Bonchev–Trinajstić information content (AvgIpc) is 2.59. The van der Waals surface area contributed by atoms with Crippen molar-refractivity contribution in [1.29, 1.82) is 0 Å². The maximum Gasteiger partial charge on any atom is 0.214 e. The quantitative estimate of drug-likeness (QED) is 0.750. The molecule has 82 valence electrons. The van der Waals surface area contributed by atoms with Gasteiger partial charge in [0.25, 0.3) is 0 Å². The van der Waals surface area contributed by atoms with Crippen molar-refractivity contribution in [2.24, 2.45) is 5.92 Å². The lowest BCUT2D eigenvalue weighted by Gasteiger charge is -2.26. The standard InChI is InChI=1S/C11H15FN2O/c1-8-5-6-14(9(8)7-15)11-4-2-3-10(12)13-11/h2-4,8-9,15H,5-7H2,1H3. The lowest BCUT2D eigenvalue weighted by molar-refractivity contribution is 0.244. The number of halogens is 1. The molecule has 1 saturated heterocycles. The molecule has 0 amide bonds. The number of pyridine rings is 1. The van der Waals surface area contributed by atoms with Crippen molar-refractivity contribution < 1.29 is 9.50 Å². The number of aromatic nitrogens is 1. The van der Waals surface area contributed by atoms with Gasteiger partial charge in [0.05, 0.1) is 12.6 Å². The molecule has 0 radical (unpaired) electrons. The van der Waals surface area contributed by atoms with Crippen LogP contribution in [0.25, 0.3) is 0 Å². The van der Waals surface area contributed by atoms with E-state index < -0.39 is 5.95 Å². The fraction of sp³-hybridized carbons (Fsp3) is 0.545. The molecule has 0 aliphatic carbocycles. The molecule has 1 N–H and O–H groups in total. The molecule has 2 heterocycles. The molecule has 0 saturated carbocycles. The second-order valence-corrected chi connectivity index (χ2v) is 4.03. The van der Waals surface area contributed by atoms with Gasteiger partial charge < -0.3 is 10.0 Å². The summed E-state index contributed by atoms with van der Waals surface area (Å²) in [6.45, 7) is 3.03. The maximum atomic E-state index is 12.9. The lowest BCUT2D eigenvalue weighted by atomic mass is 10.0. The molecule has 1 aromatic rings. The molecule has 3 nitrogen and oxygen atoms in total. The molecule has 0 spiro atoms. The van der Waals surface area contributed by atoms with Gasteiger partial charge in [-0.25, -0.2) is 4.98 Å². The van der Waals surface area contributed by atoms with Crippen molar-refractivity contribution >= 4 is 5.82 Å². The van der Waals surface area contributed by atoms with Gasteiger partial charge in [0.2, 0.25) is 5.95 Å². The van der Waals surface area contributed by atoms with Crippen molar-refractivity contribution in [3.8, 4) is 0 Å². The fourth-order valence-corrected chi connectivity index (χ4v) is 2.13. The summed E-state index contributed by atoms with van der Waals surface area (Å²) in [7, 11) is 0. The van der Waals surface area contributed by atoms with Gasteiger partial charge in [-0.2, -0.15) is 4.39 Å². The monoisotopic (exact) mass is 210 g/mol. The summed E-state index contributed by atoms with van der Waals surface area (Å²) >= 11 is 0. The lowest BCUT2D eigenvalue weighted by Crippen LogP contribution is -2.35. The van der Waals surface area contributed by atoms with Crippen LogP contribution >= 0.6 is 0 Å². The molecular formula is C11H15FN2O. The van der Waals surface area contributed by atoms with E-state index in [4.69, 9.17) is 0 Å². The van der Waals surface area contributed by atoms with Crippen LogP contribution in [0, 0.1) is 11.9 Å².